The summed E-state index contributed by atoms with van der Waals surface area (Å²) >= 11 is 1.32. The molecule has 6 nitrogen and oxygen atoms in total. The van der Waals surface area contributed by atoms with Crippen LogP contribution < -0.4 is 10.1 Å². The van der Waals surface area contributed by atoms with E-state index in [1.54, 1.807) is 12.1 Å². The van der Waals surface area contributed by atoms with Crippen molar-refractivity contribution < 1.29 is 18.7 Å². The van der Waals surface area contributed by atoms with Gasteiger partial charge in [-0.1, -0.05) is 24.3 Å². The summed E-state index contributed by atoms with van der Waals surface area (Å²) in [5, 5.41) is 4.83. The molecule has 1 atom stereocenters. The minimum Gasteiger partial charge on any atom is -0.376 e. The van der Waals surface area contributed by atoms with Gasteiger partial charge in [-0.2, -0.15) is 4.99 Å². The summed E-state index contributed by atoms with van der Waals surface area (Å²) in [7, 11) is 0. The van der Waals surface area contributed by atoms with Crippen LogP contribution in [-0.2, 0) is 11.3 Å². The number of nitrogens with zero attached hydrogens (tertiary/aromatic N) is 2. The molecule has 2 aromatic carbocycles. The predicted molar refractivity (Wildman–Crippen MR) is 120 cm³/mol. The molecule has 2 heterocycles. The zero-order valence-corrected chi connectivity index (χ0v) is 18.5. The third-order valence-corrected chi connectivity index (χ3v) is 6.32. The number of hydrogen-bond acceptors (Lipinski definition) is 4. The van der Waals surface area contributed by atoms with Gasteiger partial charge in [0.2, 0.25) is 0 Å². The summed E-state index contributed by atoms with van der Waals surface area (Å²) in [6, 6.07) is 13.2. The number of nitrogens with one attached hydrogen (secondary N) is 1. The van der Waals surface area contributed by atoms with Gasteiger partial charge in [0.25, 0.3) is 11.8 Å². The summed E-state index contributed by atoms with van der Waals surface area (Å²) in [5.41, 5.74) is 2.32. The van der Waals surface area contributed by atoms with Crippen molar-refractivity contribution >= 4 is 23.2 Å². The molecule has 0 radical (unpaired) electrons. The summed E-state index contributed by atoms with van der Waals surface area (Å²) in [5.74, 6) is -1.36. The first-order chi connectivity index (χ1) is 15.5. The van der Waals surface area contributed by atoms with Crippen molar-refractivity contribution in [2.45, 2.75) is 32.4 Å². The third kappa shape index (κ3) is 5.20. The van der Waals surface area contributed by atoms with Crippen molar-refractivity contribution in [3.05, 3.63) is 86.9 Å². The molecule has 1 aliphatic rings. The normalized spacial score (nSPS) is 16.3. The van der Waals surface area contributed by atoms with Crippen LogP contribution in [0.2, 0.25) is 0 Å². The van der Waals surface area contributed by atoms with Gasteiger partial charge >= 0.3 is 0 Å². The Hall–Kier alpha value is -3.10. The second kappa shape index (κ2) is 10.0. The van der Waals surface area contributed by atoms with Crippen LogP contribution in [0, 0.1) is 12.7 Å². The molecule has 0 unspecified atom stereocenters. The first-order valence-corrected chi connectivity index (χ1v) is 11.4. The number of halogens is 1. The number of thiazole rings is 1. The van der Waals surface area contributed by atoms with Crippen molar-refractivity contribution in [3.8, 4) is 0 Å². The smallest absolute Gasteiger partial charge is 0.282 e. The van der Waals surface area contributed by atoms with Crippen LogP contribution >= 0.6 is 11.3 Å². The molecule has 0 bridgehead atoms. The van der Waals surface area contributed by atoms with Crippen molar-refractivity contribution in [3.63, 3.8) is 0 Å². The topological polar surface area (TPSA) is 72.7 Å². The Labute approximate surface area is 189 Å². The summed E-state index contributed by atoms with van der Waals surface area (Å²) in [4.78, 5) is 29.7. The van der Waals surface area contributed by atoms with Crippen molar-refractivity contribution in [1.82, 2.24) is 9.88 Å². The van der Waals surface area contributed by atoms with E-state index < -0.39 is 11.7 Å². The molecule has 8 heteroatoms. The van der Waals surface area contributed by atoms with Crippen LogP contribution in [0.1, 0.15) is 44.8 Å². The van der Waals surface area contributed by atoms with Crippen molar-refractivity contribution in [2.24, 2.45) is 4.99 Å². The molecular weight excluding hydrogens is 429 g/mol. The standard InChI is InChI=1S/C24H24FN3O3S/c1-16-15-32-24(27-23(30)20-9-2-3-10-21(20)25)28(16)14-17-6-4-7-18(12-17)22(29)26-13-19-8-5-11-31-19/h2-4,6-7,9-10,12,15,19H,5,8,11,13-14H2,1H3,(H,26,29)/t19-/m1/s1. The van der Waals surface area contributed by atoms with Gasteiger partial charge in [-0.05, 0) is 49.6 Å². The fourth-order valence-electron chi connectivity index (χ4n) is 3.58. The molecular formula is C24H24FN3O3S. The van der Waals surface area contributed by atoms with Crippen LogP contribution in [0.3, 0.4) is 0 Å². The quantitative estimate of drug-likeness (QED) is 0.619. The lowest BCUT2D eigenvalue weighted by atomic mass is 10.1. The molecule has 0 spiro atoms. The zero-order chi connectivity index (χ0) is 22.5. The number of ether oxygens (including phenoxy) is 1. The van der Waals surface area contributed by atoms with Crippen LogP contribution in [0.4, 0.5) is 4.39 Å². The zero-order valence-electron chi connectivity index (χ0n) is 17.7. The molecule has 3 aromatic rings. The number of amides is 2. The van der Waals surface area contributed by atoms with E-state index >= 15 is 0 Å². The van der Waals surface area contributed by atoms with E-state index in [4.69, 9.17) is 4.74 Å². The molecule has 32 heavy (non-hydrogen) atoms. The van der Waals surface area contributed by atoms with E-state index in [0.29, 0.717) is 23.5 Å². The average Bonchev–Trinajstić information content (AvgIpc) is 3.43. The Morgan fingerprint density at radius 1 is 1.25 bits per heavy atom. The lowest BCUT2D eigenvalue weighted by molar-refractivity contribution is 0.0857. The van der Waals surface area contributed by atoms with Gasteiger partial charge < -0.3 is 14.6 Å². The number of hydrogen-bond donors (Lipinski definition) is 1. The second-order valence-electron chi connectivity index (χ2n) is 7.69. The fourth-order valence-corrected chi connectivity index (χ4v) is 4.46. The van der Waals surface area contributed by atoms with E-state index in [2.05, 4.69) is 10.3 Å². The van der Waals surface area contributed by atoms with E-state index in [1.165, 1.54) is 29.5 Å². The van der Waals surface area contributed by atoms with Crippen molar-refractivity contribution in [1.29, 1.82) is 0 Å². The molecule has 1 fully saturated rings. The Morgan fingerprint density at radius 3 is 2.88 bits per heavy atom. The number of aryl methyl sites for hydroxylation is 1. The van der Waals surface area contributed by atoms with E-state index in [0.717, 1.165) is 30.7 Å². The molecule has 166 valence electrons. The SMILES string of the molecule is Cc1csc(=NC(=O)c2ccccc2F)n1Cc1cccc(C(=O)NC[C@H]2CCCO2)c1. The molecule has 1 aromatic heterocycles. The van der Waals surface area contributed by atoms with Crippen LogP contribution in [0.25, 0.3) is 0 Å². The average molecular weight is 454 g/mol. The highest BCUT2D eigenvalue weighted by Gasteiger charge is 2.17. The first kappa shape index (κ1) is 22.1. The molecule has 1 saturated heterocycles. The summed E-state index contributed by atoms with van der Waals surface area (Å²) in [6.07, 6.45) is 2.08. The lowest BCUT2D eigenvalue weighted by Crippen LogP contribution is -2.31. The molecule has 2 amide bonds. The van der Waals surface area contributed by atoms with Crippen LogP contribution in [-0.4, -0.2) is 35.6 Å². The third-order valence-electron chi connectivity index (χ3n) is 5.34. The number of carbonyl (C=O) groups is 2. The highest BCUT2D eigenvalue weighted by molar-refractivity contribution is 7.07. The highest BCUT2D eigenvalue weighted by Crippen LogP contribution is 2.13. The maximum absolute atomic E-state index is 13.9. The second-order valence-corrected chi connectivity index (χ2v) is 8.52. The first-order valence-electron chi connectivity index (χ1n) is 10.5. The van der Waals surface area contributed by atoms with Gasteiger partial charge in [0, 0.05) is 29.8 Å². The summed E-state index contributed by atoms with van der Waals surface area (Å²) in [6.45, 7) is 3.61. The number of aromatic nitrogens is 1. The maximum atomic E-state index is 13.9. The Kier molecular flexibility index (Phi) is 6.92. The lowest BCUT2D eigenvalue weighted by Gasteiger charge is -2.12. The van der Waals surface area contributed by atoms with Gasteiger partial charge in [0.05, 0.1) is 18.2 Å². The minimum absolute atomic E-state index is 0.0602. The summed E-state index contributed by atoms with van der Waals surface area (Å²) < 4.78 is 21.4. The molecule has 0 saturated carbocycles. The van der Waals surface area contributed by atoms with E-state index in [1.807, 2.05) is 35.1 Å². The molecule has 1 aliphatic heterocycles. The number of rotatable bonds is 6. The highest BCUT2D eigenvalue weighted by atomic mass is 32.1. The molecule has 1 N–H and O–H groups in total. The van der Waals surface area contributed by atoms with E-state index in [9.17, 15) is 14.0 Å². The van der Waals surface area contributed by atoms with Crippen LogP contribution in [0.15, 0.2) is 58.9 Å². The number of benzene rings is 2. The van der Waals surface area contributed by atoms with Gasteiger partial charge in [0.15, 0.2) is 4.80 Å². The van der Waals surface area contributed by atoms with Gasteiger partial charge in [0.1, 0.15) is 5.82 Å². The minimum atomic E-state index is -0.624. The maximum Gasteiger partial charge on any atom is 0.282 e. The van der Waals surface area contributed by atoms with Crippen LogP contribution in [0.5, 0.6) is 0 Å². The predicted octanol–water partition coefficient (Wildman–Crippen LogP) is 3.70. The fraction of sp³-hybridized carbons (Fsp3) is 0.292. The monoisotopic (exact) mass is 453 g/mol. The van der Waals surface area contributed by atoms with Gasteiger partial charge in [-0.15, -0.1) is 11.3 Å². The largest absolute Gasteiger partial charge is 0.376 e. The van der Waals surface area contributed by atoms with E-state index in [-0.39, 0.29) is 17.6 Å². The Bertz CT molecular complexity index is 1190. The molecule has 4 rings (SSSR count). The van der Waals surface area contributed by atoms with Gasteiger partial charge in [-0.25, -0.2) is 4.39 Å². The number of carbonyl (C=O) groups excluding carboxylic acids is 2. The van der Waals surface area contributed by atoms with Gasteiger partial charge in [-0.3, -0.25) is 9.59 Å². The Morgan fingerprint density at radius 2 is 2.09 bits per heavy atom. The molecule has 0 aliphatic carbocycles. The van der Waals surface area contributed by atoms with Crippen molar-refractivity contribution in [2.75, 3.05) is 13.2 Å². The Balaban J connectivity index is 1.52.